The van der Waals surface area contributed by atoms with E-state index in [2.05, 4.69) is 16.0 Å². The van der Waals surface area contributed by atoms with E-state index in [-0.39, 0.29) is 37.5 Å². The summed E-state index contributed by atoms with van der Waals surface area (Å²) in [5.41, 5.74) is 1.57. The van der Waals surface area contributed by atoms with Gasteiger partial charge in [-0.15, -0.1) is 0 Å². The number of methoxy groups -OCH3 is 3. The van der Waals surface area contributed by atoms with Crippen molar-refractivity contribution in [3.63, 3.8) is 0 Å². The Morgan fingerprint density at radius 3 is 1.81 bits per heavy atom. The molecule has 3 aromatic rings. The first-order valence-corrected chi connectivity index (χ1v) is 20.1. The number of rotatable bonds is 19. The van der Waals surface area contributed by atoms with Gasteiger partial charge < -0.3 is 49.6 Å². The summed E-state index contributed by atoms with van der Waals surface area (Å²) in [6.45, 7) is 10.5. The molecule has 59 heavy (non-hydrogen) atoms. The van der Waals surface area contributed by atoms with Gasteiger partial charge in [0.05, 0.1) is 46.7 Å². The Morgan fingerprint density at radius 2 is 1.31 bits per heavy atom. The fourth-order valence-corrected chi connectivity index (χ4v) is 7.01. The summed E-state index contributed by atoms with van der Waals surface area (Å²) in [7, 11) is 4.48. The monoisotopic (exact) mass is 818 g/mol. The van der Waals surface area contributed by atoms with E-state index in [1.54, 1.807) is 37.8 Å². The van der Waals surface area contributed by atoms with Gasteiger partial charge in [0.1, 0.15) is 17.7 Å². The van der Waals surface area contributed by atoms with Gasteiger partial charge in [-0.25, -0.2) is 4.79 Å². The molecule has 5 atom stereocenters. The zero-order valence-electron chi connectivity index (χ0n) is 35.6. The summed E-state index contributed by atoms with van der Waals surface area (Å²) in [6, 6.07) is 19.5. The molecular formula is C45H62N4O10. The highest BCUT2D eigenvalue weighted by molar-refractivity contribution is 5.93. The molecule has 0 radical (unpaired) electrons. The van der Waals surface area contributed by atoms with Crippen LogP contribution >= 0.6 is 0 Å². The molecule has 1 aliphatic heterocycles. The quantitative estimate of drug-likeness (QED) is 0.135. The molecule has 4 amide bonds. The largest absolute Gasteiger partial charge is 0.493 e. The molecule has 1 saturated heterocycles. The lowest BCUT2D eigenvalue weighted by molar-refractivity contribution is -0.141. The van der Waals surface area contributed by atoms with Crippen molar-refractivity contribution in [3.05, 3.63) is 89.5 Å². The van der Waals surface area contributed by atoms with Gasteiger partial charge in [0.2, 0.25) is 23.5 Å². The van der Waals surface area contributed by atoms with E-state index in [1.807, 2.05) is 74.5 Å². The Kier molecular flexibility index (Phi) is 17.4. The summed E-state index contributed by atoms with van der Waals surface area (Å²) >= 11 is 0. The van der Waals surface area contributed by atoms with Crippen LogP contribution in [0.15, 0.2) is 72.8 Å². The van der Waals surface area contributed by atoms with Crippen LogP contribution in [0, 0.1) is 11.8 Å². The maximum Gasteiger partial charge on any atom is 0.407 e. The van der Waals surface area contributed by atoms with Crippen LogP contribution in [0.3, 0.4) is 0 Å². The smallest absolute Gasteiger partial charge is 0.407 e. The number of aliphatic hydroxyl groups excluding tert-OH is 1. The Balaban J connectivity index is 1.66. The molecular weight excluding hydrogens is 757 g/mol. The zero-order valence-corrected chi connectivity index (χ0v) is 35.6. The number of hydrogen-bond acceptors (Lipinski definition) is 10. The molecule has 0 bridgehead atoms. The van der Waals surface area contributed by atoms with Crippen LogP contribution < -0.4 is 30.2 Å². The Morgan fingerprint density at radius 1 is 0.746 bits per heavy atom. The molecule has 0 aliphatic carbocycles. The van der Waals surface area contributed by atoms with Gasteiger partial charge in [0.25, 0.3) is 0 Å². The molecule has 0 aromatic heterocycles. The van der Waals surface area contributed by atoms with Crippen molar-refractivity contribution in [3.8, 4) is 17.2 Å². The molecule has 1 aliphatic rings. The predicted octanol–water partition coefficient (Wildman–Crippen LogP) is 4.49. The van der Waals surface area contributed by atoms with Gasteiger partial charge >= 0.3 is 6.09 Å². The third kappa shape index (κ3) is 14.2. The molecule has 4 N–H and O–H groups in total. The van der Waals surface area contributed by atoms with Crippen LogP contribution in [0.4, 0.5) is 4.79 Å². The van der Waals surface area contributed by atoms with E-state index < -0.39 is 53.7 Å². The van der Waals surface area contributed by atoms with Gasteiger partial charge in [0.15, 0.2) is 11.5 Å². The Labute approximate surface area is 348 Å². The molecule has 14 heteroatoms. The normalized spacial score (nSPS) is 15.5. The number of alkyl carbamates (subject to hydrolysis) is 1. The molecule has 1 heterocycles. The minimum atomic E-state index is -1.24. The highest BCUT2D eigenvalue weighted by Crippen LogP contribution is 2.39. The molecule has 1 fully saturated rings. The number of aliphatic hydroxyl groups is 1. The molecule has 322 valence electrons. The number of carbonyl (C=O) groups is 4. The van der Waals surface area contributed by atoms with Crippen molar-refractivity contribution in [1.82, 2.24) is 20.9 Å². The van der Waals surface area contributed by atoms with Crippen LogP contribution in [0.1, 0.15) is 57.7 Å². The second kappa shape index (κ2) is 22.1. The lowest BCUT2D eigenvalue weighted by atomic mass is 9.88. The van der Waals surface area contributed by atoms with Crippen LogP contribution in [-0.4, -0.2) is 111 Å². The minimum Gasteiger partial charge on any atom is -0.493 e. The zero-order chi connectivity index (χ0) is 43.1. The number of carbonyl (C=O) groups excluding carboxylic acids is 4. The van der Waals surface area contributed by atoms with Crippen molar-refractivity contribution in [2.45, 2.75) is 90.1 Å². The second-order valence-electron chi connectivity index (χ2n) is 16.1. The van der Waals surface area contributed by atoms with E-state index in [0.29, 0.717) is 49.1 Å². The minimum absolute atomic E-state index is 0.0860. The second-order valence-corrected chi connectivity index (χ2v) is 16.1. The van der Waals surface area contributed by atoms with Gasteiger partial charge in [0, 0.05) is 25.4 Å². The first-order valence-electron chi connectivity index (χ1n) is 20.1. The summed E-state index contributed by atoms with van der Waals surface area (Å²) in [5.74, 6) is -1.45. The predicted molar refractivity (Wildman–Crippen MR) is 223 cm³/mol. The van der Waals surface area contributed by atoms with E-state index >= 15 is 0 Å². The molecule has 4 rings (SSSR count). The number of benzene rings is 3. The first kappa shape index (κ1) is 46.4. The number of amides is 4. The van der Waals surface area contributed by atoms with Gasteiger partial charge in [-0.05, 0) is 74.8 Å². The summed E-state index contributed by atoms with van der Waals surface area (Å²) in [6.07, 6.45) is -1.48. The molecule has 0 saturated carbocycles. The van der Waals surface area contributed by atoms with E-state index in [0.717, 1.165) is 11.1 Å². The third-order valence-electron chi connectivity index (χ3n) is 10.0. The number of hydrogen-bond donors (Lipinski definition) is 4. The average Bonchev–Trinajstić information content (AvgIpc) is 3.21. The van der Waals surface area contributed by atoms with Crippen molar-refractivity contribution in [2.24, 2.45) is 11.8 Å². The van der Waals surface area contributed by atoms with Crippen LogP contribution in [0.2, 0.25) is 0 Å². The van der Waals surface area contributed by atoms with Crippen LogP contribution in [0.25, 0.3) is 0 Å². The molecule has 14 nitrogen and oxygen atoms in total. The Bertz CT molecular complexity index is 1790. The molecule has 5 unspecified atom stereocenters. The standard InChI is InChI=1S/C45H62N4O10/c1-29(2)39(42(52)46-35(25-31-17-13-10-14-18-31)43(53)49-19-21-58-22-20-49)48-41(51)33(23-32-26-37(55-6)40(57-8)38(27-32)56-7)28-36(50)34(24-30-15-11-9-12-16-30)47-44(54)59-45(3,4)5/h9-18,26-27,29,33-36,39,50H,19-25,28H2,1-8H3,(H,46,52)(H,47,54)(H,48,51). The first-order chi connectivity index (χ1) is 28.1. The number of ether oxygens (including phenoxy) is 5. The van der Waals surface area contributed by atoms with Crippen LogP contribution in [0.5, 0.6) is 17.2 Å². The maximum atomic E-state index is 14.6. The van der Waals surface area contributed by atoms with E-state index in [9.17, 15) is 24.3 Å². The number of morpholine rings is 1. The number of nitrogens with zero attached hydrogens (tertiary/aromatic N) is 1. The van der Waals surface area contributed by atoms with E-state index in [4.69, 9.17) is 23.7 Å². The molecule has 3 aromatic carbocycles. The van der Waals surface area contributed by atoms with Crippen molar-refractivity contribution >= 4 is 23.8 Å². The van der Waals surface area contributed by atoms with Crippen molar-refractivity contribution < 1.29 is 48.0 Å². The lowest BCUT2D eigenvalue weighted by Gasteiger charge is -2.32. The summed E-state index contributed by atoms with van der Waals surface area (Å²) in [5, 5.41) is 20.7. The van der Waals surface area contributed by atoms with Gasteiger partial charge in [-0.3, -0.25) is 14.4 Å². The maximum absolute atomic E-state index is 14.6. The van der Waals surface area contributed by atoms with E-state index in [1.165, 1.54) is 21.3 Å². The van der Waals surface area contributed by atoms with Crippen molar-refractivity contribution in [1.29, 1.82) is 0 Å². The molecule has 0 spiro atoms. The SMILES string of the molecule is COc1cc(CC(CC(O)C(Cc2ccccc2)NC(=O)OC(C)(C)C)C(=O)NC(C(=O)NC(Cc2ccccc2)C(=O)N2CCOCC2)C(C)C)cc(OC)c1OC. The highest BCUT2D eigenvalue weighted by Gasteiger charge is 2.35. The van der Waals surface area contributed by atoms with Crippen LogP contribution in [-0.2, 0) is 43.1 Å². The summed E-state index contributed by atoms with van der Waals surface area (Å²) in [4.78, 5) is 57.4. The topological polar surface area (TPSA) is 174 Å². The average molecular weight is 819 g/mol. The fourth-order valence-electron chi connectivity index (χ4n) is 7.01. The highest BCUT2D eigenvalue weighted by atomic mass is 16.6. The van der Waals surface area contributed by atoms with Gasteiger partial charge in [-0.1, -0.05) is 74.5 Å². The fraction of sp³-hybridized carbons (Fsp3) is 0.511. The third-order valence-corrected chi connectivity index (χ3v) is 10.0. The number of nitrogens with one attached hydrogen (secondary N) is 3. The Hall–Kier alpha value is -5.34. The summed E-state index contributed by atoms with van der Waals surface area (Å²) < 4.78 is 27.7. The lowest BCUT2D eigenvalue weighted by Crippen LogP contribution is -2.58. The van der Waals surface area contributed by atoms with Crippen molar-refractivity contribution in [2.75, 3.05) is 47.6 Å². The van der Waals surface area contributed by atoms with Gasteiger partial charge in [-0.2, -0.15) is 0 Å².